The summed E-state index contributed by atoms with van der Waals surface area (Å²) in [6.45, 7) is 6.70. The topological polar surface area (TPSA) is 58.4 Å². The number of anilines is 1. The van der Waals surface area contributed by atoms with E-state index >= 15 is 0 Å². The number of nitrogens with one attached hydrogen (secondary N) is 1. The van der Waals surface area contributed by atoms with Crippen LogP contribution in [0.2, 0.25) is 0 Å². The van der Waals surface area contributed by atoms with Crippen molar-refractivity contribution in [2.45, 2.75) is 39.2 Å². The summed E-state index contributed by atoms with van der Waals surface area (Å²) in [5.41, 5.74) is 8.34. The van der Waals surface area contributed by atoms with Gasteiger partial charge in [0.1, 0.15) is 0 Å². The Balaban J connectivity index is 1.79. The number of hydrogen-bond acceptors (Lipinski definition) is 3. The Kier molecular flexibility index (Phi) is 5.62. The van der Waals surface area contributed by atoms with E-state index in [9.17, 15) is 4.79 Å². The van der Waals surface area contributed by atoms with Gasteiger partial charge < -0.3 is 16.0 Å². The standard InChI is InChI=1S/C17H27N3O/c1-3-20(16-6-4-5-13(2)11-16)10-9-19-17(21)14-7-8-15(18)12-14/h4-6,11,14-15H,3,7-10,12,18H2,1-2H3,(H,19,21). The fourth-order valence-corrected chi connectivity index (χ4v) is 3.01. The number of carbonyl (C=O) groups is 1. The molecule has 3 N–H and O–H groups in total. The third kappa shape index (κ3) is 4.46. The van der Waals surface area contributed by atoms with Gasteiger partial charge in [-0.25, -0.2) is 0 Å². The molecule has 1 aromatic carbocycles. The molecule has 116 valence electrons. The molecule has 2 unspecified atom stereocenters. The first kappa shape index (κ1) is 15.8. The van der Waals surface area contributed by atoms with E-state index in [1.807, 2.05) is 0 Å². The second-order valence-electron chi connectivity index (χ2n) is 5.98. The van der Waals surface area contributed by atoms with Gasteiger partial charge in [0.2, 0.25) is 5.91 Å². The Morgan fingerprint density at radius 1 is 1.43 bits per heavy atom. The lowest BCUT2D eigenvalue weighted by molar-refractivity contribution is -0.124. The Labute approximate surface area is 127 Å². The highest BCUT2D eigenvalue weighted by molar-refractivity contribution is 5.79. The van der Waals surface area contributed by atoms with Crippen molar-refractivity contribution in [2.75, 3.05) is 24.5 Å². The zero-order chi connectivity index (χ0) is 15.2. The van der Waals surface area contributed by atoms with Crippen LogP contribution in [0.25, 0.3) is 0 Å². The molecule has 0 radical (unpaired) electrons. The van der Waals surface area contributed by atoms with E-state index in [4.69, 9.17) is 5.73 Å². The van der Waals surface area contributed by atoms with Crippen LogP contribution in [-0.4, -0.2) is 31.6 Å². The second-order valence-corrected chi connectivity index (χ2v) is 5.98. The highest BCUT2D eigenvalue weighted by atomic mass is 16.1. The fraction of sp³-hybridized carbons (Fsp3) is 0.588. The molecule has 21 heavy (non-hydrogen) atoms. The predicted octanol–water partition coefficient (Wildman–Crippen LogP) is 2.06. The lowest BCUT2D eigenvalue weighted by Crippen LogP contribution is -2.37. The molecule has 1 aliphatic rings. The number of likely N-dealkylation sites (N-methyl/N-ethyl adjacent to an activating group) is 1. The van der Waals surface area contributed by atoms with Crippen molar-refractivity contribution >= 4 is 11.6 Å². The first-order chi connectivity index (χ1) is 10.1. The summed E-state index contributed by atoms with van der Waals surface area (Å²) in [6.07, 6.45) is 2.74. The number of nitrogens with two attached hydrogens (primary N) is 1. The normalized spacial score (nSPS) is 21.3. The van der Waals surface area contributed by atoms with Crippen molar-refractivity contribution in [3.05, 3.63) is 29.8 Å². The lowest BCUT2D eigenvalue weighted by Gasteiger charge is -2.24. The summed E-state index contributed by atoms with van der Waals surface area (Å²) >= 11 is 0. The molecule has 4 nitrogen and oxygen atoms in total. The maximum atomic E-state index is 12.1. The Hall–Kier alpha value is -1.55. The summed E-state index contributed by atoms with van der Waals surface area (Å²) in [5.74, 6) is 0.289. The minimum absolute atomic E-state index is 0.119. The van der Waals surface area contributed by atoms with Gasteiger partial charge in [-0.15, -0.1) is 0 Å². The highest BCUT2D eigenvalue weighted by Gasteiger charge is 2.27. The van der Waals surface area contributed by atoms with Gasteiger partial charge in [-0.2, -0.15) is 0 Å². The minimum atomic E-state index is 0.119. The van der Waals surface area contributed by atoms with Crippen LogP contribution in [0.5, 0.6) is 0 Å². The Bertz CT molecular complexity index is 475. The second kappa shape index (κ2) is 7.46. The van der Waals surface area contributed by atoms with Crippen LogP contribution in [0.15, 0.2) is 24.3 Å². The molecular formula is C17H27N3O. The van der Waals surface area contributed by atoms with Gasteiger partial charge >= 0.3 is 0 Å². The number of aryl methyl sites for hydroxylation is 1. The monoisotopic (exact) mass is 289 g/mol. The number of benzene rings is 1. The predicted molar refractivity (Wildman–Crippen MR) is 87.4 cm³/mol. The third-order valence-corrected chi connectivity index (χ3v) is 4.27. The maximum absolute atomic E-state index is 12.1. The van der Waals surface area contributed by atoms with E-state index in [1.54, 1.807) is 0 Å². The molecule has 0 aromatic heterocycles. The van der Waals surface area contributed by atoms with Crippen LogP contribution in [0.1, 0.15) is 31.7 Å². The molecule has 2 atom stereocenters. The molecular weight excluding hydrogens is 262 g/mol. The number of nitrogens with zero attached hydrogens (tertiary/aromatic N) is 1. The van der Waals surface area contributed by atoms with Crippen molar-refractivity contribution < 1.29 is 4.79 Å². The lowest BCUT2D eigenvalue weighted by atomic mass is 10.1. The summed E-state index contributed by atoms with van der Waals surface area (Å²) in [5, 5.41) is 3.06. The van der Waals surface area contributed by atoms with Gasteiger partial charge in [0.15, 0.2) is 0 Å². The third-order valence-electron chi connectivity index (χ3n) is 4.27. The maximum Gasteiger partial charge on any atom is 0.223 e. The van der Waals surface area contributed by atoms with E-state index in [2.05, 4.69) is 48.3 Å². The number of hydrogen-bond donors (Lipinski definition) is 2. The molecule has 1 aliphatic carbocycles. The average molecular weight is 289 g/mol. The Morgan fingerprint density at radius 3 is 2.86 bits per heavy atom. The van der Waals surface area contributed by atoms with Crippen molar-refractivity contribution in [1.82, 2.24) is 5.32 Å². The van der Waals surface area contributed by atoms with Crippen molar-refractivity contribution in [2.24, 2.45) is 11.7 Å². The molecule has 2 rings (SSSR count). The fourth-order valence-electron chi connectivity index (χ4n) is 3.01. The quantitative estimate of drug-likeness (QED) is 0.843. The molecule has 0 spiro atoms. The summed E-state index contributed by atoms with van der Waals surface area (Å²) < 4.78 is 0. The van der Waals surface area contributed by atoms with Crippen LogP contribution in [0.3, 0.4) is 0 Å². The van der Waals surface area contributed by atoms with Crippen LogP contribution < -0.4 is 16.0 Å². The first-order valence-electron chi connectivity index (χ1n) is 7.95. The van der Waals surface area contributed by atoms with Gasteiger partial charge in [-0.3, -0.25) is 4.79 Å². The van der Waals surface area contributed by atoms with Crippen LogP contribution in [0.4, 0.5) is 5.69 Å². The zero-order valence-electron chi connectivity index (χ0n) is 13.1. The SMILES string of the molecule is CCN(CCNC(=O)C1CCC(N)C1)c1cccc(C)c1. The van der Waals surface area contributed by atoms with E-state index in [-0.39, 0.29) is 17.9 Å². The van der Waals surface area contributed by atoms with E-state index in [0.717, 1.165) is 32.4 Å². The van der Waals surface area contributed by atoms with Crippen LogP contribution in [-0.2, 0) is 4.79 Å². The van der Waals surface area contributed by atoms with Crippen LogP contribution >= 0.6 is 0 Å². The van der Waals surface area contributed by atoms with E-state index in [0.29, 0.717) is 6.54 Å². The van der Waals surface area contributed by atoms with Crippen LogP contribution in [0, 0.1) is 12.8 Å². The number of carbonyl (C=O) groups excluding carboxylic acids is 1. The summed E-state index contributed by atoms with van der Waals surface area (Å²) in [4.78, 5) is 14.4. The van der Waals surface area contributed by atoms with E-state index in [1.165, 1.54) is 11.3 Å². The van der Waals surface area contributed by atoms with Gasteiger partial charge in [0.05, 0.1) is 0 Å². The van der Waals surface area contributed by atoms with Crippen molar-refractivity contribution in [3.63, 3.8) is 0 Å². The molecule has 0 heterocycles. The molecule has 0 aliphatic heterocycles. The highest BCUT2D eigenvalue weighted by Crippen LogP contribution is 2.24. The molecule has 1 amide bonds. The van der Waals surface area contributed by atoms with Gasteiger partial charge in [-0.05, 0) is 50.8 Å². The van der Waals surface area contributed by atoms with Gasteiger partial charge in [0.25, 0.3) is 0 Å². The van der Waals surface area contributed by atoms with E-state index < -0.39 is 0 Å². The number of rotatable bonds is 6. The first-order valence-corrected chi connectivity index (χ1v) is 7.95. The largest absolute Gasteiger partial charge is 0.370 e. The average Bonchev–Trinajstić information content (AvgIpc) is 2.90. The van der Waals surface area contributed by atoms with Gasteiger partial charge in [-0.1, -0.05) is 12.1 Å². The molecule has 1 saturated carbocycles. The smallest absolute Gasteiger partial charge is 0.223 e. The van der Waals surface area contributed by atoms with Gasteiger partial charge in [0, 0.05) is 37.3 Å². The summed E-state index contributed by atoms with van der Waals surface area (Å²) in [7, 11) is 0. The molecule has 0 saturated heterocycles. The molecule has 4 heteroatoms. The minimum Gasteiger partial charge on any atom is -0.370 e. The Morgan fingerprint density at radius 2 is 2.24 bits per heavy atom. The molecule has 1 aromatic rings. The summed E-state index contributed by atoms with van der Waals surface area (Å²) in [6, 6.07) is 8.68. The molecule has 0 bridgehead atoms. The molecule has 1 fully saturated rings. The zero-order valence-corrected chi connectivity index (χ0v) is 13.1. The van der Waals surface area contributed by atoms with Crippen molar-refractivity contribution in [3.8, 4) is 0 Å². The van der Waals surface area contributed by atoms with Crippen molar-refractivity contribution in [1.29, 1.82) is 0 Å². The number of amides is 1.